The van der Waals surface area contributed by atoms with Crippen LogP contribution in [0.3, 0.4) is 0 Å². The number of pyridine rings is 6. The lowest BCUT2D eigenvalue weighted by Gasteiger charge is -2.10. The molecule has 0 N–H and O–H groups in total. The Labute approximate surface area is 826 Å². The van der Waals surface area contributed by atoms with Crippen molar-refractivity contribution in [2.45, 2.75) is 95.4 Å². The molecule has 0 bridgehead atoms. The highest BCUT2D eigenvalue weighted by Crippen LogP contribution is 2.41. The fraction of sp³-hybridized carbons (Fsp3) is 0.115. The van der Waals surface area contributed by atoms with Gasteiger partial charge in [-0.25, -0.2) is 23.1 Å². The van der Waals surface area contributed by atoms with Gasteiger partial charge in [0.15, 0.2) is 24.0 Å². The summed E-state index contributed by atoms with van der Waals surface area (Å²) in [7, 11) is 0. The first kappa shape index (κ1) is 94.1. The molecule has 143 heavy (non-hydrogen) atoms. The van der Waals surface area contributed by atoms with Gasteiger partial charge in [0, 0.05) is 164 Å². The standard InChI is InChI=1S/2C21H18FN3.2C21H19N3.C19H13FN2O.C19H14N2O/c1-3-25-13-17-12-15(7-9-20(17)24-25)18-5-4-10-23-21(18)16-6-8-19(22)14(2)11-16;1-3-25-20-9-7-15(12-17(20)13-24-25)18-5-4-10-23-21(18)16-6-8-19(22)14(2)11-16;1-3-24-14-18-13-16(9-10-20(18)23-24)19-8-5-11-22-21(19)17-7-4-6-15(2)12-17;1-3-24-20-10-9-16(13-18(20)14-23-24)19-8-5-11-22-21(19)17-7-4-6-15(2)12-17;1-12-9-14(4-6-16(12)20)19-15(3-2-8-21-19)13-5-7-17-18(10-13)23-11-22-17;1-13-4-2-5-15(10-13)19-16(6-3-9-20-19)14-7-8-17-18(11-14)22-12-21-17/h2*4-13H,3H2,1-2H3;2*4-14H,3H2,1-2H3;2-11H,1H3;2-12H,1H3. The molecular formula is C122H101F3N16O2. The third kappa shape index (κ3) is 21.0. The van der Waals surface area contributed by atoms with Crippen molar-refractivity contribution >= 4 is 65.8 Å². The van der Waals surface area contributed by atoms with E-state index in [1.54, 1.807) is 57.6 Å². The van der Waals surface area contributed by atoms with Gasteiger partial charge in [-0.3, -0.25) is 48.6 Å². The molecule has 24 aromatic rings. The second-order valence-electron chi connectivity index (χ2n) is 35.0. The molecule has 12 aromatic heterocycles. The highest BCUT2D eigenvalue weighted by atomic mass is 19.1. The smallest absolute Gasteiger partial charge is 0.181 e. The highest BCUT2D eigenvalue weighted by Gasteiger charge is 2.20. The first-order valence-corrected chi connectivity index (χ1v) is 47.6. The Bertz CT molecular complexity index is 8530. The third-order valence-electron chi connectivity index (χ3n) is 25.2. The van der Waals surface area contributed by atoms with Gasteiger partial charge in [-0.05, 0) is 301 Å². The van der Waals surface area contributed by atoms with Crippen LogP contribution in [0.1, 0.15) is 61.1 Å². The zero-order chi connectivity index (χ0) is 98.6. The molecule has 0 radical (unpaired) electrons. The summed E-state index contributed by atoms with van der Waals surface area (Å²) in [6.07, 6.45) is 21.7. The van der Waals surface area contributed by atoms with E-state index in [-0.39, 0.29) is 17.5 Å². The van der Waals surface area contributed by atoms with Crippen molar-refractivity contribution in [3.63, 3.8) is 0 Å². The molecule has 0 saturated heterocycles. The van der Waals surface area contributed by atoms with Crippen LogP contribution in [0.25, 0.3) is 200 Å². The minimum atomic E-state index is -0.214. The Morgan fingerprint density at radius 3 is 0.804 bits per heavy atom. The number of nitrogens with zero attached hydrogens (tertiary/aromatic N) is 16. The zero-order valence-corrected chi connectivity index (χ0v) is 80.8. The van der Waals surface area contributed by atoms with Crippen LogP contribution in [0.2, 0.25) is 0 Å². The van der Waals surface area contributed by atoms with Crippen LogP contribution in [0.15, 0.2) is 393 Å². The molecule has 12 heterocycles. The molecule has 18 nitrogen and oxygen atoms in total. The molecule has 0 fully saturated rings. The Morgan fingerprint density at radius 2 is 0.517 bits per heavy atom. The summed E-state index contributed by atoms with van der Waals surface area (Å²) < 4.78 is 59.5. The number of hydrogen-bond acceptors (Lipinski definition) is 14. The second-order valence-corrected chi connectivity index (χ2v) is 35.0. The summed E-state index contributed by atoms with van der Waals surface area (Å²) >= 11 is 0. The predicted octanol–water partition coefficient (Wildman–Crippen LogP) is 30.5. The maximum atomic E-state index is 13.6. The number of oxazole rings is 2. The quantitative estimate of drug-likeness (QED) is 0.0884. The van der Waals surface area contributed by atoms with Gasteiger partial charge in [-0.1, -0.05) is 144 Å². The van der Waals surface area contributed by atoms with Gasteiger partial charge >= 0.3 is 0 Å². The molecule has 0 atom stereocenters. The fourth-order valence-electron chi connectivity index (χ4n) is 17.8. The van der Waals surface area contributed by atoms with E-state index >= 15 is 0 Å². The first-order chi connectivity index (χ1) is 69.9. The number of fused-ring (bicyclic) bond motifs is 6. The van der Waals surface area contributed by atoms with Gasteiger partial charge in [0.25, 0.3) is 0 Å². The zero-order valence-electron chi connectivity index (χ0n) is 80.8. The Hall–Kier alpha value is -17.9. The van der Waals surface area contributed by atoms with Crippen molar-refractivity contribution < 1.29 is 22.0 Å². The van der Waals surface area contributed by atoms with Crippen LogP contribution < -0.4 is 0 Å². The molecule has 24 rings (SSSR count). The minimum Gasteiger partial charge on any atom is -0.443 e. The van der Waals surface area contributed by atoms with E-state index in [0.717, 1.165) is 210 Å². The van der Waals surface area contributed by atoms with E-state index in [1.165, 1.54) is 64.3 Å². The number of aryl methyl sites for hydroxylation is 10. The highest BCUT2D eigenvalue weighted by molar-refractivity contribution is 5.95. The molecule has 0 aliphatic rings. The van der Waals surface area contributed by atoms with Gasteiger partial charge in [-0.2, -0.15) is 20.4 Å². The van der Waals surface area contributed by atoms with Crippen molar-refractivity contribution in [2.24, 2.45) is 0 Å². The van der Waals surface area contributed by atoms with E-state index in [1.807, 2.05) is 159 Å². The molecule has 12 aromatic carbocycles. The van der Waals surface area contributed by atoms with Gasteiger partial charge in [-0.15, -0.1) is 0 Å². The number of benzene rings is 12. The monoisotopic (exact) mass is 1880 g/mol. The molecule has 0 saturated carbocycles. The predicted molar refractivity (Wildman–Crippen MR) is 570 cm³/mol. The van der Waals surface area contributed by atoms with Crippen molar-refractivity contribution in [1.29, 1.82) is 0 Å². The van der Waals surface area contributed by atoms with E-state index in [2.05, 4.69) is 285 Å². The summed E-state index contributed by atoms with van der Waals surface area (Å²) in [4.78, 5) is 35.8. The summed E-state index contributed by atoms with van der Waals surface area (Å²) in [5.41, 5.74) is 37.7. The molecule has 0 aliphatic heterocycles. The summed E-state index contributed by atoms with van der Waals surface area (Å²) in [5.74, 6) is -0.612. The summed E-state index contributed by atoms with van der Waals surface area (Å²) in [6.45, 7) is 23.4. The largest absolute Gasteiger partial charge is 0.443 e. The van der Waals surface area contributed by atoms with Gasteiger partial charge in [0.1, 0.15) is 28.5 Å². The Morgan fingerprint density at radius 1 is 0.245 bits per heavy atom. The number of halogens is 3. The van der Waals surface area contributed by atoms with Gasteiger partial charge < -0.3 is 8.83 Å². The van der Waals surface area contributed by atoms with Crippen LogP contribution in [0, 0.1) is 59.0 Å². The molecule has 702 valence electrons. The van der Waals surface area contributed by atoms with E-state index in [9.17, 15) is 13.2 Å². The SMILES string of the molecule is CCn1cc2cc(-c3cccnc3-c3ccc(F)c(C)c3)ccc2n1.CCn1cc2cc(-c3cccnc3-c3cccc(C)c3)ccc2n1.CCn1ncc2cc(-c3cccnc3-c3ccc(F)c(C)c3)ccc21.CCn1ncc2cc(-c3cccnc3-c3cccc(C)c3)ccc21.Cc1cc(-c2ncccc2-c2ccc3ncoc3c2)ccc1F.Cc1cccc(-c2ncccc2-c2ccc3ncoc3c2)c1. The van der Waals surface area contributed by atoms with Crippen LogP contribution in [0.4, 0.5) is 13.2 Å². The maximum absolute atomic E-state index is 13.6. The number of hydrogen-bond donors (Lipinski definition) is 0. The van der Waals surface area contributed by atoms with Crippen molar-refractivity contribution in [2.75, 3.05) is 0 Å². The van der Waals surface area contributed by atoms with E-state index in [0.29, 0.717) is 16.7 Å². The lowest BCUT2D eigenvalue weighted by molar-refractivity contribution is 0.602. The fourth-order valence-corrected chi connectivity index (χ4v) is 17.8. The molecule has 0 aliphatic carbocycles. The summed E-state index contributed by atoms with van der Waals surface area (Å²) in [6, 6.07) is 102. The normalized spacial score (nSPS) is 11.1. The molecular weight excluding hydrogens is 1780 g/mol. The second kappa shape index (κ2) is 42.6. The minimum absolute atomic E-state index is 0.199. The molecule has 0 amide bonds. The number of aromatic nitrogens is 16. The first-order valence-electron chi connectivity index (χ1n) is 47.6. The van der Waals surface area contributed by atoms with Crippen LogP contribution in [-0.2, 0) is 26.2 Å². The molecule has 0 spiro atoms. The molecule has 0 unspecified atom stereocenters. The van der Waals surface area contributed by atoms with Gasteiger partial charge in [0.2, 0.25) is 0 Å². The van der Waals surface area contributed by atoms with Crippen molar-refractivity contribution in [3.8, 4) is 134 Å². The van der Waals surface area contributed by atoms with E-state index < -0.39 is 0 Å². The lowest BCUT2D eigenvalue weighted by atomic mass is 9.97. The van der Waals surface area contributed by atoms with Crippen LogP contribution >= 0.6 is 0 Å². The van der Waals surface area contributed by atoms with Crippen LogP contribution in [-0.4, -0.2) is 79.0 Å². The van der Waals surface area contributed by atoms with Crippen molar-refractivity contribution in [1.82, 2.24) is 79.0 Å². The van der Waals surface area contributed by atoms with Crippen molar-refractivity contribution in [3.05, 3.63) is 435 Å². The maximum Gasteiger partial charge on any atom is 0.181 e. The van der Waals surface area contributed by atoms with Gasteiger partial charge in [0.05, 0.1) is 68.6 Å². The van der Waals surface area contributed by atoms with E-state index in [4.69, 9.17) is 8.83 Å². The topological polar surface area (TPSA) is 201 Å². The molecule has 21 heteroatoms. The lowest BCUT2D eigenvalue weighted by Crippen LogP contribution is -1.95. The average Bonchev–Trinajstić information content (AvgIpc) is 1.68. The average molecular weight is 1880 g/mol. The Balaban J connectivity index is 0.000000109. The summed E-state index contributed by atoms with van der Waals surface area (Å²) in [5, 5.41) is 22.5. The third-order valence-corrected chi connectivity index (χ3v) is 25.2. The van der Waals surface area contributed by atoms with Crippen LogP contribution in [0.5, 0.6) is 0 Å². The Kier molecular flexibility index (Phi) is 28.1. The number of rotatable bonds is 16.